The van der Waals surface area contributed by atoms with Crippen LogP contribution in [0, 0.1) is 5.92 Å². The third kappa shape index (κ3) is 3.18. The first-order chi connectivity index (χ1) is 14.4. The molecule has 2 unspecified atom stereocenters. The third-order valence-corrected chi connectivity index (χ3v) is 5.65. The summed E-state index contributed by atoms with van der Waals surface area (Å²) in [5, 5.41) is 10.6. The van der Waals surface area contributed by atoms with Crippen molar-refractivity contribution >= 4 is 34.3 Å². The van der Waals surface area contributed by atoms with Crippen LogP contribution in [0.15, 0.2) is 54.7 Å². The molecule has 30 heavy (non-hydrogen) atoms. The van der Waals surface area contributed by atoms with Crippen molar-refractivity contribution in [2.75, 3.05) is 6.54 Å². The number of carboxylic acids is 1. The number of likely N-dealkylation sites (tertiary alicyclic amines) is 1. The number of Topliss-reactive ketones (excluding diaryl/α,β-unsaturated/α-hetero) is 2. The number of amides is 1. The number of para-hydroxylation sites is 1. The van der Waals surface area contributed by atoms with Crippen LogP contribution in [0.5, 0.6) is 0 Å². The van der Waals surface area contributed by atoms with E-state index in [9.17, 15) is 24.3 Å². The highest BCUT2D eigenvalue weighted by atomic mass is 16.4. The molecule has 0 aliphatic carbocycles. The first-order valence-corrected chi connectivity index (χ1v) is 9.62. The van der Waals surface area contributed by atoms with Crippen molar-refractivity contribution in [3.05, 3.63) is 71.4 Å². The lowest BCUT2D eigenvalue weighted by molar-refractivity contribution is -0.142. The molecule has 0 spiro atoms. The maximum Gasteiger partial charge on any atom is 0.336 e. The van der Waals surface area contributed by atoms with Gasteiger partial charge in [0.25, 0.3) is 5.91 Å². The molecule has 3 aromatic rings. The number of benzene rings is 2. The van der Waals surface area contributed by atoms with E-state index in [1.165, 1.54) is 17.9 Å². The van der Waals surface area contributed by atoms with Crippen molar-refractivity contribution in [3.8, 4) is 0 Å². The lowest BCUT2D eigenvalue weighted by Gasteiger charge is -2.27. The summed E-state index contributed by atoms with van der Waals surface area (Å²) in [4.78, 5) is 53.9. The maximum atomic E-state index is 12.8. The summed E-state index contributed by atoms with van der Waals surface area (Å²) in [6.45, 7) is 1.45. The number of aromatic carboxylic acids is 1. The van der Waals surface area contributed by atoms with Gasteiger partial charge in [0.15, 0.2) is 0 Å². The molecule has 152 valence electrons. The van der Waals surface area contributed by atoms with E-state index in [1.54, 1.807) is 18.2 Å². The van der Waals surface area contributed by atoms with E-state index in [2.05, 4.69) is 4.98 Å². The zero-order chi connectivity index (χ0) is 21.4. The number of nitrogens with zero attached hydrogens (tertiary/aromatic N) is 1. The standard InChI is InChI=1S/C23H20N2O5/c1-13(26)19-20(16-7-2-3-8-17(16)23(29)30)25(22(28)21(19)27)11-10-14-12-24-18-9-5-4-6-15(14)18/h2-9,12,19-20,24H,10-11H2,1H3,(H,29,30). The van der Waals surface area contributed by atoms with Crippen LogP contribution in [-0.4, -0.2) is 45.0 Å². The van der Waals surface area contributed by atoms with Gasteiger partial charge in [-0.15, -0.1) is 0 Å². The molecule has 0 saturated carbocycles. The molecule has 0 radical (unpaired) electrons. The second kappa shape index (κ2) is 7.59. The van der Waals surface area contributed by atoms with Gasteiger partial charge in [0.05, 0.1) is 11.6 Å². The maximum absolute atomic E-state index is 12.8. The van der Waals surface area contributed by atoms with Gasteiger partial charge in [-0.1, -0.05) is 36.4 Å². The number of hydrogen-bond acceptors (Lipinski definition) is 4. The number of carbonyl (C=O) groups excluding carboxylic acids is 3. The van der Waals surface area contributed by atoms with Crippen molar-refractivity contribution in [1.29, 1.82) is 0 Å². The second-order valence-corrected chi connectivity index (χ2v) is 7.40. The average Bonchev–Trinajstić information content (AvgIpc) is 3.25. The van der Waals surface area contributed by atoms with Gasteiger partial charge >= 0.3 is 5.97 Å². The monoisotopic (exact) mass is 404 g/mol. The molecule has 7 nitrogen and oxygen atoms in total. The molecule has 1 saturated heterocycles. The molecule has 1 amide bonds. The highest BCUT2D eigenvalue weighted by Crippen LogP contribution is 2.38. The second-order valence-electron chi connectivity index (χ2n) is 7.40. The number of carboxylic acid groups (broad SMARTS) is 1. The molecular weight excluding hydrogens is 384 g/mol. The zero-order valence-corrected chi connectivity index (χ0v) is 16.3. The summed E-state index contributed by atoms with van der Waals surface area (Å²) >= 11 is 0. The van der Waals surface area contributed by atoms with E-state index < -0.39 is 35.4 Å². The smallest absolute Gasteiger partial charge is 0.336 e. The molecule has 0 bridgehead atoms. The number of aromatic amines is 1. The van der Waals surface area contributed by atoms with Crippen LogP contribution in [0.1, 0.15) is 34.5 Å². The van der Waals surface area contributed by atoms with Crippen LogP contribution < -0.4 is 0 Å². The highest BCUT2D eigenvalue weighted by Gasteiger charge is 2.50. The third-order valence-electron chi connectivity index (χ3n) is 5.65. The molecule has 7 heteroatoms. The Morgan fingerprint density at radius 3 is 2.50 bits per heavy atom. The quantitative estimate of drug-likeness (QED) is 0.485. The number of rotatable bonds is 6. The summed E-state index contributed by atoms with van der Waals surface area (Å²) in [5.74, 6) is -4.36. The van der Waals surface area contributed by atoms with Crippen molar-refractivity contribution in [2.24, 2.45) is 5.92 Å². The topological polar surface area (TPSA) is 108 Å². The van der Waals surface area contributed by atoms with Crippen molar-refractivity contribution in [1.82, 2.24) is 9.88 Å². The van der Waals surface area contributed by atoms with E-state index in [4.69, 9.17) is 0 Å². The molecule has 1 fully saturated rings. The first kappa shape index (κ1) is 19.6. The number of ketones is 2. The van der Waals surface area contributed by atoms with Crippen LogP contribution in [0.3, 0.4) is 0 Å². The average molecular weight is 404 g/mol. The predicted octanol–water partition coefficient (Wildman–Crippen LogP) is 2.77. The Bertz CT molecular complexity index is 1180. The lowest BCUT2D eigenvalue weighted by atomic mass is 9.87. The van der Waals surface area contributed by atoms with Gasteiger partial charge in [-0.25, -0.2) is 4.79 Å². The highest BCUT2D eigenvalue weighted by molar-refractivity contribution is 6.42. The van der Waals surface area contributed by atoms with Crippen LogP contribution in [0.2, 0.25) is 0 Å². The molecule has 2 heterocycles. The fourth-order valence-electron chi connectivity index (χ4n) is 4.25. The first-order valence-electron chi connectivity index (χ1n) is 9.62. The molecule has 1 aliphatic rings. The van der Waals surface area contributed by atoms with Crippen molar-refractivity contribution < 1.29 is 24.3 Å². The Labute approximate surface area is 172 Å². The fraction of sp³-hybridized carbons (Fsp3) is 0.217. The zero-order valence-electron chi connectivity index (χ0n) is 16.3. The number of H-pyrrole nitrogens is 1. The fourth-order valence-corrected chi connectivity index (χ4v) is 4.25. The number of fused-ring (bicyclic) bond motifs is 1. The summed E-state index contributed by atoms with van der Waals surface area (Å²) in [6, 6.07) is 13.0. The summed E-state index contributed by atoms with van der Waals surface area (Å²) in [5.41, 5.74) is 2.21. The molecule has 1 aromatic heterocycles. The Morgan fingerprint density at radius 1 is 1.07 bits per heavy atom. The van der Waals surface area contributed by atoms with Crippen LogP contribution in [0.4, 0.5) is 0 Å². The van der Waals surface area contributed by atoms with Gasteiger partial charge < -0.3 is 15.0 Å². The van der Waals surface area contributed by atoms with Gasteiger partial charge in [-0.3, -0.25) is 14.4 Å². The molecule has 4 rings (SSSR count). The largest absolute Gasteiger partial charge is 0.478 e. The van der Waals surface area contributed by atoms with Gasteiger partial charge in [0, 0.05) is 23.6 Å². The summed E-state index contributed by atoms with van der Waals surface area (Å²) in [7, 11) is 0. The van der Waals surface area contributed by atoms with Gasteiger partial charge in [-0.05, 0) is 36.6 Å². The predicted molar refractivity (Wildman–Crippen MR) is 109 cm³/mol. The van der Waals surface area contributed by atoms with Crippen molar-refractivity contribution in [2.45, 2.75) is 19.4 Å². The number of nitrogens with one attached hydrogen (secondary N) is 1. The van der Waals surface area contributed by atoms with Gasteiger partial charge in [-0.2, -0.15) is 0 Å². The number of hydrogen-bond donors (Lipinski definition) is 2. The van der Waals surface area contributed by atoms with Crippen LogP contribution >= 0.6 is 0 Å². The number of aromatic nitrogens is 1. The Balaban J connectivity index is 1.73. The SMILES string of the molecule is CC(=O)C1C(=O)C(=O)N(CCc2c[nH]c3ccccc23)C1c1ccccc1C(=O)O. The van der Waals surface area contributed by atoms with E-state index >= 15 is 0 Å². The van der Waals surface area contributed by atoms with E-state index in [1.807, 2.05) is 30.5 Å². The van der Waals surface area contributed by atoms with E-state index in [-0.39, 0.29) is 12.1 Å². The molecule has 2 aromatic carbocycles. The summed E-state index contributed by atoms with van der Waals surface area (Å²) < 4.78 is 0. The minimum Gasteiger partial charge on any atom is -0.478 e. The van der Waals surface area contributed by atoms with Crippen LogP contribution in [-0.2, 0) is 20.8 Å². The van der Waals surface area contributed by atoms with Gasteiger partial charge in [0.1, 0.15) is 11.7 Å². The normalized spacial score (nSPS) is 18.9. The van der Waals surface area contributed by atoms with Crippen LogP contribution in [0.25, 0.3) is 10.9 Å². The Kier molecular flexibility index (Phi) is 4.95. The lowest BCUT2D eigenvalue weighted by Crippen LogP contribution is -2.33. The Hall–Kier alpha value is -3.74. The van der Waals surface area contributed by atoms with Crippen molar-refractivity contribution in [3.63, 3.8) is 0 Å². The number of carbonyl (C=O) groups is 4. The summed E-state index contributed by atoms with van der Waals surface area (Å²) in [6.07, 6.45) is 2.31. The molecular formula is C23H20N2O5. The molecule has 1 aliphatic heterocycles. The minimum atomic E-state index is -1.21. The molecule has 2 atom stereocenters. The Morgan fingerprint density at radius 2 is 1.77 bits per heavy atom. The molecule has 2 N–H and O–H groups in total. The van der Waals surface area contributed by atoms with E-state index in [0.717, 1.165) is 16.5 Å². The van der Waals surface area contributed by atoms with E-state index in [0.29, 0.717) is 12.0 Å². The van der Waals surface area contributed by atoms with Gasteiger partial charge in [0.2, 0.25) is 5.78 Å². The minimum absolute atomic E-state index is 0.0201.